The molecule has 0 fully saturated rings. The van der Waals surface area contributed by atoms with Gasteiger partial charge in [-0.15, -0.1) is 0 Å². The predicted octanol–water partition coefficient (Wildman–Crippen LogP) is 1.58. The zero-order valence-electron chi connectivity index (χ0n) is 7.58. The van der Waals surface area contributed by atoms with Crippen LogP contribution in [-0.2, 0) is 4.74 Å². The number of methoxy groups -OCH3 is 1. The first-order valence-electron chi connectivity index (χ1n) is 3.92. The lowest BCUT2D eigenvalue weighted by atomic mass is 10.1. The number of hydrogen-bond acceptors (Lipinski definition) is 4. The molecule has 1 aromatic rings. The molecule has 1 heterocycles. The van der Waals surface area contributed by atoms with Crippen LogP contribution in [0.5, 0.6) is 0 Å². The number of ether oxygens (including phenoxy) is 1. The van der Waals surface area contributed by atoms with Crippen LogP contribution in [0.2, 0.25) is 0 Å². The van der Waals surface area contributed by atoms with Crippen LogP contribution in [0.15, 0.2) is 21.2 Å². The summed E-state index contributed by atoms with van der Waals surface area (Å²) in [5.74, 6) is 6.15. The van der Waals surface area contributed by atoms with Crippen LogP contribution in [0.25, 0.3) is 0 Å². The van der Waals surface area contributed by atoms with Gasteiger partial charge in [0, 0.05) is 7.11 Å². The summed E-state index contributed by atoms with van der Waals surface area (Å²) in [6.45, 7) is 1.92. The van der Waals surface area contributed by atoms with Gasteiger partial charge in [0.05, 0.1) is 16.8 Å². The van der Waals surface area contributed by atoms with Gasteiger partial charge in [0.2, 0.25) is 0 Å². The van der Waals surface area contributed by atoms with Crippen LogP contribution in [0.3, 0.4) is 0 Å². The van der Waals surface area contributed by atoms with Crippen LogP contribution in [-0.4, -0.2) is 13.2 Å². The van der Waals surface area contributed by atoms with E-state index in [9.17, 15) is 0 Å². The Kier molecular flexibility index (Phi) is 3.92. The van der Waals surface area contributed by atoms with Crippen molar-refractivity contribution in [1.82, 2.24) is 5.43 Å². The highest BCUT2D eigenvalue weighted by atomic mass is 79.9. The van der Waals surface area contributed by atoms with Crippen molar-refractivity contribution in [3.05, 3.63) is 22.6 Å². The Morgan fingerprint density at radius 1 is 1.69 bits per heavy atom. The molecule has 0 spiro atoms. The number of nitrogens with one attached hydrogen (secondary N) is 1. The molecule has 1 rings (SSSR count). The van der Waals surface area contributed by atoms with Gasteiger partial charge >= 0.3 is 0 Å². The maximum atomic E-state index is 5.40. The number of hydrazine groups is 1. The van der Waals surface area contributed by atoms with Crippen LogP contribution in [0.4, 0.5) is 0 Å². The van der Waals surface area contributed by atoms with E-state index in [0.717, 1.165) is 10.2 Å². The zero-order valence-corrected chi connectivity index (χ0v) is 9.17. The number of furan rings is 1. The third kappa shape index (κ3) is 2.31. The van der Waals surface area contributed by atoms with E-state index in [2.05, 4.69) is 21.4 Å². The van der Waals surface area contributed by atoms with Crippen molar-refractivity contribution in [2.24, 2.45) is 5.84 Å². The van der Waals surface area contributed by atoms with Crippen molar-refractivity contribution in [1.29, 1.82) is 0 Å². The number of halogens is 1. The SMILES string of the molecule is COC(C)C(NN)c1occc1Br. The van der Waals surface area contributed by atoms with Gasteiger partial charge < -0.3 is 9.15 Å². The van der Waals surface area contributed by atoms with Gasteiger partial charge in [-0.25, -0.2) is 5.43 Å². The fraction of sp³-hybridized carbons (Fsp3) is 0.500. The molecule has 0 radical (unpaired) electrons. The smallest absolute Gasteiger partial charge is 0.138 e. The molecule has 0 aromatic carbocycles. The second kappa shape index (κ2) is 4.76. The van der Waals surface area contributed by atoms with Gasteiger partial charge in [-0.2, -0.15) is 0 Å². The van der Waals surface area contributed by atoms with E-state index >= 15 is 0 Å². The molecule has 0 saturated carbocycles. The number of rotatable bonds is 4. The Morgan fingerprint density at radius 2 is 2.38 bits per heavy atom. The van der Waals surface area contributed by atoms with E-state index in [1.54, 1.807) is 13.4 Å². The van der Waals surface area contributed by atoms with E-state index in [0.29, 0.717) is 0 Å². The number of nitrogens with two attached hydrogens (primary N) is 1. The lowest BCUT2D eigenvalue weighted by molar-refractivity contribution is 0.0752. The average Bonchev–Trinajstić information content (AvgIpc) is 2.53. The molecule has 1 aromatic heterocycles. The van der Waals surface area contributed by atoms with Crippen LogP contribution >= 0.6 is 15.9 Å². The van der Waals surface area contributed by atoms with E-state index in [1.165, 1.54) is 0 Å². The van der Waals surface area contributed by atoms with Gasteiger partial charge in [0.25, 0.3) is 0 Å². The van der Waals surface area contributed by atoms with E-state index < -0.39 is 0 Å². The minimum Gasteiger partial charge on any atom is -0.466 e. The van der Waals surface area contributed by atoms with E-state index in [1.807, 2.05) is 13.0 Å². The molecule has 2 unspecified atom stereocenters. The summed E-state index contributed by atoms with van der Waals surface area (Å²) in [6.07, 6.45) is 1.55. The lowest BCUT2D eigenvalue weighted by Gasteiger charge is -2.20. The summed E-state index contributed by atoms with van der Waals surface area (Å²) in [6, 6.07) is 1.68. The fourth-order valence-electron chi connectivity index (χ4n) is 1.09. The molecule has 2 atom stereocenters. The molecule has 0 aliphatic rings. The number of hydrogen-bond donors (Lipinski definition) is 2. The first-order chi connectivity index (χ1) is 6.20. The third-order valence-electron chi connectivity index (χ3n) is 1.95. The fourth-order valence-corrected chi connectivity index (χ4v) is 1.54. The van der Waals surface area contributed by atoms with Crippen molar-refractivity contribution < 1.29 is 9.15 Å². The Balaban J connectivity index is 2.84. The molecule has 0 amide bonds. The summed E-state index contributed by atoms with van der Waals surface area (Å²) in [5.41, 5.74) is 2.65. The molecule has 74 valence electrons. The molecule has 0 aliphatic carbocycles. The van der Waals surface area contributed by atoms with E-state index in [4.69, 9.17) is 15.0 Å². The van der Waals surface area contributed by atoms with Gasteiger partial charge in [0.1, 0.15) is 11.8 Å². The molecule has 13 heavy (non-hydrogen) atoms. The second-order valence-corrected chi connectivity index (χ2v) is 3.57. The van der Waals surface area contributed by atoms with Crippen molar-refractivity contribution in [3.8, 4) is 0 Å². The normalized spacial score (nSPS) is 15.7. The first kappa shape index (κ1) is 10.7. The van der Waals surface area contributed by atoms with Gasteiger partial charge in [-0.3, -0.25) is 5.84 Å². The first-order valence-corrected chi connectivity index (χ1v) is 4.71. The van der Waals surface area contributed by atoms with Crippen LogP contribution in [0, 0.1) is 0 Å². The second-order valence-electron chi connectivity index (χ2n) is 2.72. The van der Waals surface area contributed by atoms with Crippen LogP contribution in [0.1, 0.15) is 18.7 Å². The minimum atomic E-state index is -0.144. The van der Waals surface area contributed by atoms with Crippen molar-refractivity contribution in [2.75, 3.05) is 7.11 Å². The summed E-state index contributed by atoms with van der Waals surface area (Å²) in [4.78, 5) is 0. The summed E-state index contributed by atoms with van der Waals surface area (Å²) >= 11 is 3.36. The maximum Gasteiger partial charge on any atom is 0.138 e. The highest BCUT2D eigenvalue weighted by Gasteiger charge is 2.22. The highest BCUT2D eigenvalue weighted by molar-refractivity contribution is 9.10. The molecular weight excluding hydrogens is 236 g/mol. The quantitative estimate of drug-likeness (QED) is 0.628. The van der Waals surface area contributed by atoms with Crippen LogP contribution < -0.4 is 11.3 Å². The van der Waals surface area contributed by atoms with Gasteiger partial charge in [-0.05, 0) is 28.9 Å². The molecule has 0 aliphatic heterocycles. The van der Waals surface area contributed by atoms with Gasteiger partial charge in [0.15, 0.2) is 0 Å². The maximum absolute atomic E-state index is 5.40. The molecule has 4 nitrogen and oxygen atoms in total. The Bertz CT molecular complexity index is 264. The summed E-state index contributed by atoms with van der Waals surface area (Å²) in [7, 11) is 1.63. The minimum absolute atomic E-state index is 0.0487. The molecule has 0 saturated heterocycles. The zero-order chi connectivity index (χ0) is 9.84. The molecule has 0 bridgehead atoms. The molecular formula is C8H13BrN2O2. The summed E-state index contributed by atoms with van der Waals surface area (Å²) in [5, 5.41) is 0. The van der Waals surface area contributed by atoms with Crippen molar-refractivity contribution in [2.45, 2.75) is 19.1 Å². The monoisotopic (exact) mass is 248 g/mol. The average molecular weight is 249 g/mol. The molecule has 3 N–H and O–H groups in total. The lowest BCUT2D eigenvalue weighted by Crippen LogP contribution is -2.36. The molecule has 5 heteroatoms. The Morgan fingerprint density at radius 3 is 2.77 bits per heavy atom. The highest BCUT2D eigenvalue weighted by Crippen LogP contribution is 2.26. The van der Waals surface area contributed by atoms with Gasteiger partial charge in [-0.1, -0.05) is 0 Å². The Hall–Kier alpha value is -0.360. The third-order valence-corrected chi connectivity index (χ3v) is 2.60. The standard InChI is InChI=1S/C8H13BrN2O2/c1-5(12-2)7(11-10)8-6(9)3-4-13-8/h3-5,7,11H,10H2,1-2H3. The Labute approximate surface area is 85.5 Å². The van der Waals surface area contributed by atoms with Crippen molar-refractivity contribution in [3.63, 3.8) is 0 Å². The summed E-state index contributed by atoms with van der Waals surface area (Å²) < 4.78 is 11.3. The largest absolute Gasteiger partial charge is 0.466 e. The van der Waals surface area contributed by atoms with E-state index in [-0.39, 0.29) is 12.1 Å². The van der Waals surface area contributed by atoms with Crippen molar-refractivity contribution >= 4 is 15.9 Å². The predicted molar refractivity (Wildman–Crippen MR) is 52.9 cm³/mol. The topological polar surface area (TPSA) is 60.4 Å².